The zero-order valence-electron chi connectivity index (χ0n) is 6.02. The van der Waals surface area contributed by atoms with Crippen LogP contribution < -0.4 is 5.32 Å². The van der Waals surface area contributed by atoms with Gasteiger partial charge in [-0.05, 0) is 43.9 Å². The van der Waals surface area contributed by atoms with Crippen molar-refractivity contribution in [1.29, 1.82) is 0 Å². The van der Waals surface area contributed by atoms with Crippen molar-refractivity contribution in [2.45, 2.75) is 12.8 Å². The molecular weight excluding hydrogens is 130 g/mol. The van der Waals surface area contributed by atoms with Gasteiger partial charge in [-0.1, -0.05) is 0 Å². The van der Waals surface area contributed by atoms with Crippen molar-refractivity contribution >= 4 is 11.8 Å². The first kappa shape index (κ1) is 7.42. The van der Waals surface area contributed by atoms with Gasteiger partial charge in [0.1, 0.15) is 0 Å². The van der Waals surface area contributed by atoms with Crippen molar-refractivity contribution in [3.8, 4) is 0 Å². The van der Waals surface area contributed by atoms with E-state index in [1.807, 2.05) is 7.05 Å². The second-order valence-electron chi connectivity index (χ2n) is 2.61. The summed E-state index contributed by atoms with van der Waals surface area (Å²) in [5.41, 5.74) is 0. The van der Waals surface area contributed by atoms with E-state index in [4.69, 9.17) is 0 Å². The molecule has 9 heavy (non-hydrogen) atoms. The molecule has 0 aliphatic carbocycles. The minimum Gasteiger partial charge on any atom is -0.319 e. The van der Waals surface area contributed by atoms with Crippen LogP contribution in [0, 0.1) is 5.92 Å². The molecule has 1 aliphatic heterocycles. The van der Waals surface area contributed by atoms with Crippen LogP contribution >= 0.6 is 11.8 Å². The minimum absolute atomic E-state index is 0.969. The Morgan fingerprint density at radius 1 is 1.44 bits per heavy atom. The largest absolute Gasteiger partial charge is 0.319 e. The van der Waals surface area contributed by atoms with Crippen LogP contribution in [0.2, 0.25) is 0 Å². The van der Waals surface area contributed by atoms with Crippen LogP contribution in [0.5, 0.6) is 0 Å². The van der Waals surface area contributed by atoms with Gasteiger partial charge in [0.2, 0.25) is 0 Å². The van der Waals surface area contributed by atoms with Gasteiger partial charge in [-0.3, -0.25) is 0 Å². The van der Waals surface area contributed by atoms with Crippen molar-refractivity contribution in [1.82, 2.24) is 5.32 Å². The van der Waals surface area contributed by atoms with Crippen molar-refractivity contribution in [2.75, 3.05) is 25.1 Å². The van der Waals surface area contributed by atoms with Crippen molar-refractivity contribution in [3.63, 3.8) is 0 Å². The lowest BCUT2D eigenvalue weighted by Crippen LogP contribution is -2.22. The fourth-order valence-electron chi connectivity index (χ4n) is 1.24. The maximum atomic E-state index is 3.23. The topological polar surface area (TPSA) is 12.0 Å². The Kier molecular flexibility index (Phi) is 3.44. The summed E-state index contributed by atoms with van der Waals surface area (Å²) >= 11 is 2.10. The molecule has 1 fully saturated rings. The second kappa shape index (κ2) is 4.18. The van der Waals surface area contributed by atoms with E-state index in [0.29, 0.717) is 0 Å². The third kappa shape index (κ3) is 2.59. The van der Waals surface area contributed by atoms with Crippen molar-refractivity contribution < 1.29 is 0 Å². The van der Waals surface area contributed by atoms with Crippen LogP contribution in [-0.4, -0.2) is 25.1 Å². The Morgan fingerprint density at radius 2 is 2.11 bits per heavy atom. The summed E-state index contributed by atoms with van der Waals surface area (Å²) < 4.78 is 0. The second-order valence-corrected chi connectivity index (χ2v) is 3.84. The van der Waals surface area contributed by atoms with E-state index in [1.54, 1.807) is 0 Å². The molecule has 0 bridgehead atoms. The van der Waals surface area contributed by atoms with Gasteiger partial charge in [0.05, 0.1) is 0 Å². The van der Waals surface area contributed by atoms with E-state index in [2.05, 4.69) is 17.1 Å². The van der Waals surface area contributed by atoms with E-state index in [1.165, 1.54) is 30.9 Å². The smallest absolute Gasteiger partial charge is 0.00229 e. The molecule has 0 unspecified atom stereocenters. The zero-order valence-corrected chi connectivity index (χ0v) is 6.84. The molecule has 0 atom stereocenters. The fourth-order valence-corrected chi connectivity index (χ4v) is 2.44. The van der Waals surface area contributed by atoms with E-state index in [9.17, 15) is 0 Å². The predicted molar refractivity (Wildman–Crippen MR) is 44.0 cm³/mol. The Hall–Kier alpha value is 0.310. The highest BCUT2D eigenvalue weighted by atomic mass is 32.2. The molecule has 0 aromatic carbocycles. The van der Waals surface area contributed by atoms with E-state index >= 15 is 0 Å². The monoisotopic (exact) mass is 145 g/mol. The van der Waals surface area contributed by atoms with Crippen molar-refractivity contribution in [3.05, 3.63) is 0 Å². The zero-order chi connectivity index (χ0) is 6.53. The molecule has 1 nitrogen and oxygen atoms in total. The van der Waals surface area contributed by atoms with E-state index in [-0.39, 0.29) is 0 Å². The summed E-state index contributed by atoms with van der Waals surface area (Å²) in [6.07, 6.45) is 2.84. The molecule has 0 amide bonds. The molecule has 1 saturated heterocycles. The molecule has 1 N–H and O–H groups in total. The third-order valence-corrected chi connectivity index (χ3v) is 2.88. The molecule has 0 saturated carbocycles. The summed E-state index contributed by atoms with van der Waals surface area (Å²) in [7, 11) is 2.04. The molecule has 1 heterocycles. The molecule has 0 spiro atoms. The van der Waals surface area contributed by atoms with E-state index in [0.717, 1.165) is 5.92 Å². The quantitative estimate of drug-likeness (QED) is 0.629. The summed E-state index contributed by atoms with van der Waals surface area (Å²) in [4.78, 5) is 0. The molecule has 54 valence electrons. The van der Waals surface area contributed by atoms with Gasteiger partial charge < -0.3 is 5.32 Å². The van der Waals surface area contributed by atoms with Gasteiger partial charge in [-0.15, -0.1) is 0 Å². The SMILES string of the molecule is CNCC1CCSCC1. The summed E-state index contributed by atoms with van der Waals surface area (Å²) in [5.74, 6) is 3.73. The molecule has 0 radical (unpaired) electrons. The Labute approximate surface area is 61.6 Å². The molecule has 0 aromatic rings. The number of hydrogen-bond acceptors (Lipinski definition) is 2. The first-order valence-electron chi connectivity index (χ1n) is 3.66. The lowest BCUT2D eigenvalue weighted by molar-refractivity contribution is 0.467. The lowest BCUT2D eigenvalue weighted by Gasteiger charge is -2.20. The highest BCUT2D eigenvalue weighted by Crippen LogP contribution is 2.21. The van der Waals surface area contributed by atoms with Crippen molar-refractivity contribution in [2.24, 2.45) is 5.92 Å². The summed E-state index contributed by atoms with van der Waals surface area (Å²) in [5, 5.41) is 3.23. The first-order valence-corrected chi connectivity index (χ1v) is 4.81. The highest BCUT2D eigenvalue weighted by molar-refractivity contribution is 7.99. The minimum atomic E-state index is 0.969. The molecule has 1 aliphatic rings. The number of nitrogens with one attached hydrogen (secondary N) is 1. The highest BCUT2D eigenvalue weighted by Gasteiger charge is 2.11. The average molecular weight is 145 g/mol. The summed E-state index contributed by atoms with van der Waals surface area (Å²) in [6, 6.07) is 0. The lowest BCUT2D eigenvalue weighted by atomic mass is 10.0. The normalized spacial score (nSPS) is 22.3. The van der Waals surface area contributed by atoms with Gasteiger partial charge in [-0.2, -0.15) is 11.8 Å². The molecule has 1 rings (SSSR count). The Balaban J connectivity index is 2.08. The van der Waals surface area contributed by atoms with Gasteiger partial charge >= 0.3 is 0 Å². The maximum Gasteiger partial charge on any atom is -0.00229 e. The number of rotatable bonds is 2. The van der Waals surface area contributed by atoms with Crippen LogP contribution in [0.15, 0.2) is 0 Å². The number of thioether (sulfide) groups is 1. The average Bonchev–Trinajstić information content (AvgIpc) is 1.91. The van der Waals surface area contributed by atoms with Gasteiger partial charge in [0.15, 0.2) is 0 Å². The van der Waals surface area contributed by atoms with E-state index < -0.39 is 0 Å². The van der Waals surface area contributed by atoms with Crippen LogP contribution in [0.1, 0.15) is 12.8 Å². The van der Waals surface area contributed by atoms with Crippen LogP contribution in [0.4, 0.5) is 0 Å². The molecular formula is C7H15NS. The fraction of sp³-hybridized carbons (Fsp3) is 1.00. The Morgan fingerprint density at radius 3 is 2.67 bits per heavy atom. The Bertz CT molecular complexity index is 66.6. The third-order valence-electron chi connectivity index (χ3n) is 1.83. The first-order chi connectivity index (χ1) is 4.43. The van der Waals surface area contributed by atoms with Gasteiger partial charge in [0.25, 0.3) is 0 Å². The predicted octanol–water partition coefficient (Wildman–Crippen LogP) is 1.35. The summed E-state index contributed by atoms with van der Waals surface area (Å²) in [6.45, 7) is 1.22. The number of hydrogen-bond donors (Lipinski definition) is 1. The maximum absolute atomic E-state index is 3.23. The molecule has 0 aromatic heterocycles. The molecule has 2 heteroatoms. The standard InChI is InChI=1S/C7H15NS/c1-8-6-7-2-4-9-5-3-7/h7-8H,2-6H2,1H3. The van der Waals surface area contributed by atoms with Gasteiger partial charge in [0, 0.05) is 0 Å². The van der Waals surface area contributed by atoms with Crippen LogP contribution in [-0.2, 0) is 0 Å². The van der Waals surface area contributed by atoms with Gasteiger partial charge in [-0.25, -0.2) is 0 Å². The van der Waals surface area contributed by atoms with Crippen LogP contribution in [0.25, 0.3) is 0 Å². The van der Waals surface area contributed by atoms with Crippen LogP contribution in [0.3, 0.4) is 0 Å².